The van der Waals surface area contributed by atoms with Crippen LogP contribution in [0.5, 0.6) is 0 Å². The molecule has 2 aromatic carbocycles. The second kappa shape index (κ2) is 4.89. The molecule has 1 saturated heterocycles. The van der Waals surface area contributed by atoms with Gasteiger partial charge in [0.2, 0.25) is 5.91 Å². The molecule has 2 aliphatic rings. The summed E-state index contributed by atoms with van der Waals surface area (Å²) in [5.74, 6) is -0.278. The summed E-state index contributed by atoms with van der Waals surface area (Å²) < 4.78 is 0.907. The van der Waals surface area contributed by atoms with Gasteiger partial charge in [0.05, 0.1) is 5.69 Å². The minimum absolute atomic E-state index is 0.0902. The quantitative estimate of drug-likeness (QED) is 0.823. The van der Waals surface area contributed by atoms with E-state index < -0.39 is 5.54 Å². The first-order chi connectivity index (χ1) is 11.1. The molecule has 2 aromatic rings. The van der Waals surface area contributed by atoms with E-state index in [2.05, 4.69) is 21.2 Å². The van der Waals surface area contributed by atoms with E-state index in [0.29, 0.717) is 12.0 Å². The van der Waals surface area contributed by atoms with Crippen molar-refractivity contribution in [3.63, 3.8) is 0 Å². The maximum atomic E-state index is 13.0. The summed E-state index contributed by atoms with van der Waals surface area (Å²) in [7, 11) is 0. The molecule has 4 rings (SSSR count). The molecule has 116 valence electrons. The number of nitrogens with zero attached hydrogens (tertiary/aromatic N) is 1. The smallest absolute Gasteiger partial charge is 0.259 e. The van der Waals surface area contributed by atoms with Crippen LogP contribution in [0.25, 0.3) is 10.8 Å². The lowest BCUT2D eigenvalue weighted by molar-refractivity contribution is -0.124. The van der Waals surface area contributed by atoms with E-state index in [1.165, 1.54) is 0 Å². The number of halogens is 1. The Balaban J connectivity index is 1.93. The highest BCUT2D eigenvalue weighted by atomic mass is 79.9. The second-order valence-corrected chi connectivity index (χ2v) is 6.79. The van der Waals surface area contributed by atoms with Crippen molar-refractivity contribution >= 4 is 50.5 Å². The monoisotopic (exact) mass is 372 g/mol. The van der Waals surface area contributed by atoms with Gasteiger partial charge in [0.15, 0.2) is 0 Å². The summed E-state index contributed by atoms with van der Waals surface area (Å²) >= 11 is 3.51. The van der Waals surface area contributed by atoms with Crippen LogP contribution in [0.4, 0.5) is 5.69 Å². The number of rotatable bonds is 2. The molecule has 1 N–H and O–H groups in total. The average Bonchev–Trinajstić information content (AvgIpc) is 2.87. The number of nitrogens with one attached hydrogen (secondary N) is 1. The lowest BCUT2D eigenvalue weighted by atomic mass is 9.89. The average molecular weight is 373 g/mol. The number of amides is 2. The maximum Gasteiger partial charge on any atom is 0.259 e. The largest absolute Gasteiger partial charge is 0.353 e. The highest BCUT2D eigenvalue weighted by molar-refractivity contribution is 9.10. The molecule has 2 amide bonds. The number of hydrogen-bond donors (Lipinski definition) is 1. The van der Waals surface area contributed by atoms with E-state index in [0.717, 1.165) is 27.2 Å². The normalized spacial score (nSPS) is 23.3. The van der Waals surface area contributed by atoms with Crippen molar-refractivity contribution in [3.05, 3.63) is 40.4 Å². The molecule has 0 spiro atoms. The summed E-state index contributed by atoms with van der Waals surface area (Å²) in [4.78, 5) is 37.9. The van der Waals surface area contributed by atoms with Gasteiger partial charge in [0.1, 0.15) is 11.8 Å². The molecule has 0 bridgehead atoms. The number of carbonyl (C=O) groups excluding carboxylic acids is 3. The minimum atomic E-state index is -1.02. The van der Waals surface area contributed by atoms with Crippen LogP contribution in [0.2, 0.25) is 0 Å². The van der Waals surface area contributed by atoms with E-state index >= 15 is 0 Å². The fourth-order valence-electron chi connectivity index (χ4n) is 3.49. The number of hydrogen-bond acceptors (Lipinski definition) is 3. The van der Waals surface area contributed by atoms with Crippen molar-refractivity contribution < 1.29 is 14.4 Å². The van der Waals surface area contributed by atoms with Crippen LogP contribution in [-0.2, 0) is 9.59 Å². The van der Waals surface area contributed by atoms with Gasteiger partial charge in [-0.05, 0) is 30.0 Å². The molecule has 23 heavy (non-hydrogen) atoms. The van der Waals surface area contributed by atoms with Gasteiger partial charge in [-0.3, -0.25) is 14.5 Å². The van der Waals surface area contributed by atoms with Gasteiger partial charge in [-0.25, -0.2) is 0 Å². The molecule has 1 atom stereocenters. The van der Waals surface area contributed by atoms with Crippen LogP contribution >= 0.6 is 15.9 Å². The van der Waals surface area contributed by atoms with Crippen LogP contribution in [0, 0.1) is 0 Å². The standard InChI is InChI=1S/C17H13BrN2O3/c18-12-4-5-13-15-10(12)2-1-3-11(15)16(23)20(13)17(9-21)7-6-14(22)19-8-17/h1-5,9H,6-8H2,(H,19,22). The van der Waals surface area contributed by atoms with Crippen molar-refractivity contribution in [2.75, 3.05) is 11.4 Å². The third kappa shape index (κ3) is 1.88. The number of carbonyl (C=O) groups is 3. The molecular weight excluding hydrogens is 360 g/mol. The Labute approximate surface area is 140 Å². The van der Waals surface area contributed by atoms with Crippen LogP contribution in [0.1, 0.15) is 23.2 Å². The highest BCUT2D eigenvalue weighted by Gasteiger charge is 2.47. The molecule has 5 nitrogen and oxygen atoms in total. The summed E-state index contributed by atoms with van der Waals surface area (Å²) in [6.45, 7) is 0.145. The van der Waals surface area contributed by atoms with E-state index in [9.17, 15) is 14.4 Å². The zero-order valence-electron chi connectivity index (χ0n) is 12.1. The number of benzene rings is 2. The molecule has 0 aliphatic carbocycles. The van der Waals surface area contributed by atoms with Crippen molar-refractivity contribution in [1.29, 1.82) is 0 Å². The van der Waals surface area contributed by atoms with E-state index in [4.69, 9.17) is 0 Å². The summed E-state index contributed by atoms with van der Waals surface area (Å²) in [6.07, 6.45) is 1.36. The van der Waals surface area contributed by atoms with Crippen molar-refractivity contribution in [1.82, 2.24) is 5.32 Å². The summed E-state index contributed by atoms with van der Waals surface area (Å²) in [5.41, 5.74) is 0.300. The van der Waals surface area contributed by atoms with Gasteiger partial charge in [0.25, 0.3) is 5.91 Å². The number of aldehydes is 1. The minimum Gasteiger partial charge on any atom is -0.353 e. The van der Waals surface area contributed by atoms with Gasteiger partial charge in [0, 0.05) is 28.4 Å². The Morgan fingerprint density at radius 1 is 1.22 bits per heavy atom. The SMILES string of the molecule is O=CC1(N2C(=O)c3cccc4c(Br)ccc2c34)CCC(=O)NC1. The summed E-state index contributed by atoms with van der Waals surface area (Å²) in [6, 6.07) is 9.29. The van der Waals surface area contributed by atoms with Gasteiger partial charge in [-0.15, -0.1) is 0 Å². The van der Waals surface area contributed by atoms with Crippen molar-refractivity contribution in [2.24, 2.45) is 0 Å². The molecule has 6 heteroatoms. The van der Waals surface area contributed by atoms with Gasteiger partial charge in [-0.2, -0.15) is 0 Å². The molecule has 0 aromatic heterocycles. The third-order valence-corrected chi connectivity index (χ3v) is 5.37. The first-order valence-electron chi connectivity index (χ1n) is 7.36. The van der Waals surface area contributed by atoms with Crippen LogP contribution in [0.15, 0.2) is 34.8 Å². The molecule has 0 saturated carbocycles. The van der Waals surface area contributed by atoms with Crippen LogP contribution < -0.4 is 10.2 Å². The van der Waals surface area contributed by atoms with E-state index in [1.807, 2.05) is 24.3 Å². The van der Waals surface area contributed by atoms with Crippen LogP contribution in [0.3, 0.4) is 0 Å². The van der Waals surface area contributed by atoms with Gasteiger partial charge in [-0.1, -0.05) is 28.1 Å². The Hall–Kier alpha value is -2.21. The molecule has 1 fully saturated rings. The molecule has 2 heterocycles. The lowest BCUT2D eigenvalue weighted by Crippen LogP contribution is -2.61. The van der Waals surface area contributed by atoms with Crippen molar-refractivity contribution in [2.45, 2.75) is 18.4 Å². The molecular formula is C17H13BrN2O3. The topological polar surface area (TPSA) is 66.5 Å². The Morgan fingerprint density at radius 3 is 2.74 bits per heavy atom. The highest BCUT2D eigenvalue weighted by Crippen LogP contribution is 2.44. The van der Waals surface area contributed by atoms with E-state index in [1.54, 1.807) is 11.0 Å². The number of piperidine rings is 1. The van der Waals surface area contributed by atoms with E-state index in [-0.39, 0.29) is 24.8 Å². The first kappa shape index (κ1) is 14.4. The molecule has 1 unspecified atom stereocenters. The van der Waals surface area contributed by atoms with Gasteiger partial charge < -0.3 is 10.1 Å². The Morgan fingerprint density at radius 2 is 2.04 bits per heavy atom. The zero-order chi connectivity index (χ0) is 16.2. The second-order valence-electron chi connectivity index (χ2n) is 5.93. The lowest BCUT2D eigenvalue weighted by Gasteiger charge is -2.40. The van der Waals surface area contributed by atoms with Gasteiger partial charge >= 0.3 is 0 Å². The molecule has 2 aliphatic heterocycles. The zero-order valence-corrected chi connectivity index (χ0v) is 13.7. The Kier molecular flexibility index (Phi) is 3.06. The first-order valence-corrected chi connectivity index (χ1v) is 8.15. The van der Waals surface area contributed by atoms with Crippen molar-refractivity contribution in [3.8, 4) is 0 Å². The fraction of sp³-hybridized carbons (Fsp3) is 0.235. The summed E-state index contributed by atoms with van der Waals surface area (Å²) in [5, 5.41) is 4.51. The number of anilines is 1. The Bertz CT molecular complexity index is 868. The predicted octanol–water partition coefficient (Wildman–Crippen LogP) is 2.41. The third-order valence-electron chi connectivity index (χ3n) is 4.68. The predicted molar refractivity (Wildman–Crippen MR) is 89.5 cm³/mol. The fourth-order valence-corrected chi connectivity index (χ4v) is 3.95. The maximum absolute atomic E-state index is 13.0. The van der Waals surface area contributed by atoms with Crippen LogP contribution in [-0.4, -0.2) is 30.2 Å². The molecule has 0 radical (unpaired) electrons.